The van der Waals surface area contributed by atoms with Gasteiger partial charge in [-0.15, -0.1) is 0 Å². The summed E-state index contributed by atoms with van der Waals surface area (Å²) in [6.45, 7) is 5.78. The van der Waals surface area contributed by atoms with Crippen LogP contribution in [0.2, 0.25) is 0 Å². The van der Waals surface area contributed by atoms with Crippen LogP contribution in [0, 0.1) is 6.92 Å². The summed E-state index contributed by atoms with van der Waals surface area (Å²) in [5.41, 5.74) is 11.7. The van der Waals surface area contributed by atoms with Crippen LogP contribution >= 0.6 is 0 Å². The first-order chi connectivity index (χ1) is 10.2. The minimum Gasteiger partial charge on any atom is -0.328 e. The molecule has 21 heavy (non-hydrogen) atoms. The zero-order valence-electron chi connectivity index (χ0n) is 12.6. The van der Waals surface area contributed by atoms with Gasteiger partial charge >= 0.3 is 0 Å². The van der Waals surface area contributed by atoms with Crippen molar-refractivity contribution in [3.05, 3.63) is 65.0 Å². The first-order valence-electron chi connectivity index (χ1n) is 7.45. The first kappa shape index (κ1) is 13.8. The van der Waals surface area contributed by atoms with E-state index in [9.17, 15) is 0 Å². The Morgan fingerprint density at radius 3 is 2.67 bits per heavy atom. The largest absolute Gasteiger partial charge is 0.328 e. The van der Waals surface area contributed by atoms with Crippen LogP contribution in [0.15, 0.2) is 42.5 Å². The van der Waals surface area contributed by atoms with E-state index in [1.54, 1.807) is 0 Å². The van der Waals surface area contributed by atoms with Gasteiger partial charge in [-0.2, -0.15) is 0 Å². The van der Waals surface area contributed by atoms with Gasteiger partial charge in [-0.25, -0.2) is 4.98 Å². The number of nitrogens with two attached hydrogens (primary N) is 1. The second-order valence-electron chi connectivity index (χ2n) is 5.47. The molecule has 108 valence electrons. The van der Waals surface area contributed by atoms with E-state index in [0.717, 1.165) is 29.9 Å². The maximum Gasteiger partial charge on any atom is 0.114 e. The van der Waals surface area contributed by atoms with E-state index in [2.05, 4.69) is 60.9 Å². The predicted molar refractivity (Wildman–Crippen MR) is 87.3 cm³/mol. The van der Waals surface area contributed by atoms with Crippen LogP contribution in [0.1, 0.15) is 29.4 Å². The lowest BCUT2D eigenvalue weighted by molar-refractivity contribution is 0.733. The minimum absolute atomic E-state index is 0.558. The first-order valence-corrected chi connectivity index (χ1v) is 7.45. The zero-order valence-corrected chi connectivity index (χ0v) is 12.6. The molecule has 2 aromatic carbocycles. The summed E-state index contributed by atoms with van der Waals surface area (Å²) in [5.74, 6) is 1.12. The molecule has 0 fully saturated rings. The van der Waals surface area contributed by atoms with Crippen LogP contribution in [-0.4, -0.2) is 9.55 Å². The van der Waals surface area contributed by atoms with Crippen molar-refractivity contribution in [3.63, 3.8) is 0 Å². The van der Waals surface area contributed by atoms with Crippen LogP contribution < -0.4 is 5.73 Å². The molecule has 0 spiro atoms. The fraction of sp³-hybridized carbons (Fsp3) is 0.278. The molecule has 0 amide bonds. The third-order valence-electron chi connectivity index (χ3n) is 3.89. The van der Waals surface area contributed by atoms with Crippen molar-refractivity contribution in [2.45, 2.75) is 33.4 Å². The van der Waals surface area contributed by atoms with Crippen molar-refractivity contribution in [1.29, 1.82) is 0 Å². The molecule has 1 aromatic heterocycles. The SMILES string of the molecule is CCn1c(Cc2cccc(C)c2)nc2cc(CN)ccc21. The highest BCUT2D eigenvalue weighted by Crippen LogP contribution is 2.20. The Bertz CT molecular complexity index is 771. The van der Waals surface area contributed by atoms with Gasteiger partial charge in [-0.3, -0.25) is 0 Å². The molecule has 3 rings (SSSR count). The summed E-state index contributed by atoms with van der Waals surface area (Å²) >= 11 is 0. The van der Waals surface area contributed by atoms with Gasteiger partial charge in [-0.1, -0.05) is 35.9 Å². The quantitative estimate of drug-likeness (QED) is 0.795. The van der Waals surface area contributed by atoms with Gasteiger partial charge in [0.25, 0.3) is 0 Å². The number of nitrogens with zero attached hydrogens (tertiary/aromatic N) is 2. The maximum absolute atomic E-state index is 5.72. The summed E-state index contributed by atoms with van der Waals surface area (Å²) in [6.07, 6.45) is 0.863. The molecule has 3 aromatic rings. The normalized spacial score (nSPS) is 11.2. The molecule has 1 heterocycles. The molecule has 0 saturated carbocycles. The molecule has 0 saturated heterocycles. The Hall–Kier alpha value is -2.13. The monoisotopic (exact) mass is 279 g/mol. The van der Waals surface area contributed by atoms with Gasteiger partial charge in [0.05, 0.1) is 11.0 Å². The molecule has 2 N–H and O–H groups in total. The van der Waals surface area contributed by atoms with Crippen LogP contribution in [0.3, 0.4) is 0 Å². The predicted octanol–water partition coefficient (Wildman–Crippen LogP) is 3.41. The fourth-order valence-corrected chi connectivity index (χ4v) is 2.84. The van der Waals surface area contributed by atoms with E-state index in [-0.39, 0.29) is 0 Å². The van der Waals surface area contributed by atoms with E-state index in [0.29, 0.717) is 6.54 Å². The number of hydrogen-bond acceptors (Lipinski definition) is 2. The lowest BCUT2D eigenvalue weighted by Gasteiger charge is -2.07. The van der Waals surface area contributed by atoms with E-state index in [1.165, 1.54) is 16.6 Å². The molecule has 0 aliphatic rings. The van der Waals surface area contributed by atoms with E-state index < -0.39 is 0 Å². The van der Waals surface area contributed by atoms with Gasteiger partial charge in [-0.05, 0) is 37.1 Å². The van der Waals surface area contributed by atoms with Crippen molar-refractivity contribution >= 4 is 11.0 Å². The summed E-state index contributed by atoms with van der Waals surface area (Å²) in [7, 11) is 0. The molecular formula is C18H21N3. The second kappa shape index (κ2) is 5.70. The van der Waals surface area contributed by atoms with Gasteiger partial charge < -0.3 is 10.3 Å². The highest BCUT2D eigenvalue weighted by atomic mass is 15.1. The Kier molecular flexibility index (Phi) is 3.76. The summed E-state index contributed by atoms with van der Waals surface area (Å²) in [4.78, 5) is 4.82. The molecule has 3 heteroatoms. The molecule has 0 atom stereocenters. The number of rotatable bonds is 4. The zero-order chi connectivity index (χ0) is 14.8. The van der Waals surface area contributed by atoms with Crippen molar-refractivity contribution in [3.8, 4) is 0 Å². The highest BCUT2D eigenvalue weighted by Gasteiger charge is 2.10. The Balaban J connectivity index is 2.05. The van der Waals surface area contributed by atoms with Crippen LogP contribution in [-0.2, 0) is 19.5 Å². The average molecular weight is 279 g/mol. The van der Waals surface area contributed by atoms with E-state index >= 15 is 0 Å². The number of aromatic nitrogens is 2. The van der Waals surface area contributed by atoms with Crippen LogP contribution in [0.5, 0.6) is 0 Å². The number of benzene rings is 2. The van der Waals surface area contributed by atoms with Crippen molar-refractivity contribution in [2.75, 3.05) is 0 Å². The Labute approximate surface area is 125 Å². The molecule has 0 radical (unpaired) electrons. The molecule has 0 aliphatic heterocycles. The van der Waals surface area contributed by atoms with Gasteiger partial charge in [0.2, 0.25) is 0 Å². The van der Waals surface area contributed by atoms with Gasteiger partial charge in [0, 0.05) is 19.5 Å². The molecule has 3 nitrogen and oxygen atoms in total. The maximum atomic E-state index is 5.72. The highest BCUT2D eigenvalue weighted by molar-refractivity contribution is 5.77. The van der Waals surface area contributed by atoms with Crippen LogP contribution in [0.25, 0.3) is 11.0 Å². The van der Waals surface area contributed by atoms with Gasteiger partial charge in [0.15, 0.2) is 0 Å². The average Bonchev–Trinajstić information content (AvgIpc) is 2.83. The second-order valence-corrected chi connectivity index (χ2v) is 5.47. The lowest BCUT2D eigenvalue weighted by atomic mass is 10.1. The van der Waals surface area contributed by atoms with Crippen molar-refractivity contribution in [2.24, 2.45) is 5.73 Å². The van der Waals surface area contributed by atoms with Gasteiger partial charge in [0.1, 0.15) is 5.82 Å². The van der Waals surface area contributed by atoms with Crippen molar-refractivity contribution in [1.82, 2.24) is 9.55 Å². The van der Waals surface area contributed by atoms with Crippen molar-refractivity contribution < 1.29 is 0 Å². The molecule has 0 bridgehead atoms. The Morgan fingerprint density at radius 2 is 1.95 bits per heavy atom. The van der Waals surface area contributed by atoms with E-state index in [1.807, 2.05) is 0 Å². The third kappa shape index (κ3) is 2.69. The number of imidazole rings is 1. The van der Waals surface area contributed by atoms with Crippen LogP contribution in [0.4, 0.5) is 0 Å². The third-order valence-corrected chi connectivity index (χ3v) is 3.89. The summed E-state index contributed by atoms with van der Waals surface area (Å²) < 4.78 is 2.29. The fourth-order valence-electron chi connectivity index (χ4n) is 2.84. The molecular weight excluding hydrogens is 258 g/mol. The number of fused-ring (bicyclic) bond motifs is 1. The molecule has 0 unspecified atom stereocenters. The summed E-state index contributed by atoms with van der Waals surface area (Å²) in [6, 6.07) is 14.9. The Morgan fingerprint density at radius 1 is 1.10 bits per heavy atom. The standard InChI is InChI=1S/C18H21N3/c1-3-21-17-8-7-15(12-19)10-16(17)20-18(21)11-14-6-4-5-13(2)9-14/h4-10H,3,11-12,19H2,1-2H3. The summed E-state index contributed by atoms with van der Waals surface area (Å²) in [5, 5.41) is 0. The topological polar surface area (TPSA) is 43.8 Å². The smallest absolute Gasteiger partial charge is 0.114 e. The number of hydrogen-bond donors (Lipinski definition) is 1. The lowest BCUT2D eigenvalue weighted by Crippen LogP contribution is -2.02. The van der Waals surface area contributed by atoms with E-state index in [4.69, 9.17) is 10.7 Å². The molecule has 0 aliphatic carbocycles. The number of aryl methyl sites for hydroxylation is 2. The minimum atomic E-state index is 0.558.